The molecule has 0 aliphatic heterocycles. The molecule has 0 saturated heterocycles. The van der Waals surface area contributed by atoms with Gasteiger partial charge < -0.3 is 15.4 Å². The summed E-state index contributed by atoms with van der Waals surface area (Å²) < 4.78 is 6.11. The monoisotopic (exact) mass is 313 g/mol. The summed E-state index contributed by atoms with van der Waals surface area (Å²) in [6, 6.07) is 5.91. The van der Waals surface area contributed by atoms with E-state index in [1.807, 2.05) is 23.1 Å². The fourth-order valence-electron chi connectivity index (χ4n) is 1.63. The summed E-state index contributed by atoms with van der Waals surface area (Å²) in [6.45, 7) is 6.45. The Morgan fingerprint density at radius 1 is 1.39 bits per heavy atom. The highest BCUT2D eigenvalue weighted by atomic mass is 79.9. The second-order valence-corrected chi connectivity index (χ2v) is 4.67. The average Bonchev–Trinajstić information content (AvgIpc) is 2.38. The lowest BCUT2D eigenvalue weighted by atomic mass is 10.2. The van der Waals surface area contributed by atoms with Crippen LogP contribution < -0.4 is 10.5 Å². The van der Waals surface area contributed by atoms with E-state index in [1.54, 1.807) is 7.11 Å². The Bertz CT molecular complexity index is 417. The van der Waals surface area contributed by atoms with Gasteiger partial charge in [-0.05, 0) is 47.5 Å². The first-order valence-electron chi connectivity index (χ1n) is 5.99. The number of halogens is 1. The minimum absolute atomic E-state index is 0.574. The standard InChI is InChI=1S/C13H20BrN3O/c1-4-17(5-2)13(15)16-9-10-6-7-12(18-3)11(14)8-10/h6-8H,4-5,9H2,1-3H3,(H2,15,16). The first kappa shape index (κ1) is 14.8. The van der Waals surface area contributed by atoms with Gasteiger partial charge >= 0.3 is 0 Å². The molecular formula is C13H20BrN3O. The Morgan fingerprint density at radius 3 is 2.56 bits per heavy atom. The summed E-state index contributed by atoms with van der Waals surface area (Å²) in [7, 11) is 1.65. The van der Waals surface area contributed by atoms with Crippen molar-refractivity contribution in [2.45, 2.75) is 20.4 Å². The predicted molar refractivity (Wildman–Crippen MR) is 78.9 cm³/mol. The van der Waals surface area contributed by atoms with Gasteiger partial charge in [0.15, 0.2) is 5.96 Å². The van der Waals surface area contributed by atoms with Crippen molar-refractivity contribution in [3.63, 3.8) is 0 Å². The molecule has 0 aliphatic rings. The zero-order chi connectivity index (χ0) is 13.5. The first-order chi connectivity index (χ1) is 8.62. The van der Waals surface area contributed by atoms with E-state index >= 15 is 0 Å². The molecule has 1 aromatic rings. The third-order valence-corrected chi connectivity index (χ3v) is 3.35. The minimum atomic E-state index is 0.574. The van der Waals surface area contributed by atoms with Crippen LogP contribution in [-0.4, -0.2) is 31.1 Å². The predicted octanol–water partition coefficient (Wildman–Crippen LogP) is 2.61. The summed E-state index contributed by atoms with van der Waals surface area (Å²) in [5, 5.41) is 0. The molecule has 1 aromatic carbocycles. The molecule has 0 radical (unpaired) electrons. The van der Waals surface area contributed by atoms with Crippen molar-refractivity contribution in [2.24, 2.45) is 10.7 Å². The van der Waals surface area contributed by atoms with Crippen molar-refractivity contribution in [2.75, 3.05) is 20.2 Å². The maximum atomic E-state index is 5.92. The molecule has 100 valence electrons. The van der Waals surface area contributed by atoms with Crippen molar-refractivity contribution in [1.29, 1.82) is 0 Å². The van der Waals surface area contributed by atoms with Crippen LogP contribution in [0.2, 0.25) is 0 Å². The molecule has 18 heavy (non-hydrogen) atoms. The molecule has 0 fully saturated rings. The van der Waals surface area contributed by atoms with Crippen LogP contribution in [0.4, 0.5) is 0 Å². The zero-order valence-electron chi connectivity index (χ0n) is 11.1. The topological polar surface area (TPSA) is 50.8 Å². The van der Waals surface area contributed by atoms with Crippen LogP contribution in [0.15, 0.2) is 27.7 Å². The molecule has 0 spiro atoms. The van der Waals surface area contributed by atoms with Gasteiger partial charge in [0.25, 0.3) is 0 Å². The van der Waals surface area contributed by atoms with E-state index in [-0.39, 0.29) is 0 Å². The van der Waals surface area contributed by atoms with Crippen molar-refractivity contribution in [3.8, 4) is 5.75 Å². The number of rotatable bonds is 5. The van der Waals surface area contributed by atoms with Gasteiger partial charge in [-0.3, -0.25) is 0 Å². The summed E-state index contributed by atoms with van der Waals surface area (Å²) >= 11 is 3.46. The maximum Gasteiger partial charge on any atom is 0.191 e. The zero-order valence-corrected chi connectivity index (χ0v) is 12.7. The van der Waals surface area contributed by atoms with Crippen LogP contribution in [0.1, 0.15) is 19.4 Å². The van der Waals surface area contributed by atoms with Gasteiger partial charge in [-0.2, -0.15) is 0 Å². The van der Waals surface area contributed by atoms with Crippen LogP contribution in [-0.2, 0) is 6.54 Å². The quantitative estimate of drug-likeness (QED) is 0.671. The van der Waals surface area contributed by atoms with Gasteiger partial charge in [0.1, 0.15) is 5.75 Å². The molecule has 0 saturated carbocycles. The van der Waals surface area contributed by atoms with Crippen molar-refractivity contribution in [3.05, 3.63) is 28.2 Å². The lowest BCUT2D eigenvalue weighted by molar-refractivity contribution is 0.412. The molecule has 0 unspecified atom stereocenters. The number of hydrogen-bond donors (Lipinski definition) is 1. The molecule has 0 atom stereocenters. The normalized spacial score (nSPS) is 11.4. The number of benzene rings is 1. The largest absolute Gasteiger partial charge is 0.496 e. The second kappa shape index (κ2) is 7.26. The van der Waals surface area contributed by atoms with Crippen LogP contribution in [0.3, 0.4) is 0 Å². The molecular weight excluding hydrogens is 294 g/mol. The Balaban J connectivity index is 2.73. The number of guanidine groups is 1. The fraction of sp³-hybridized carbons (Fsp3) is 0.462. The van der Waals surface area contributed by atoms with Crippen molar-refractivity contribution >= 4 is 21.9 Å². The number of hydrogen-bond acceptors (Lipinski definition) is 2. The second-order valence-electron chi connectivity index (χ2n) is 3.82. The molecule has 0 bridgehead atoms. The van der Waals surface area contributed by atoms with Crippen LogP contribution in [0.5, 0.6) is 5.75 Å². The number of nitrogens with two attached hydrogens (primary N) is 1. The average molecular weight is 314 g/mol. The summed E-state index contributed by atoms with van der Waals surface area (Å²) in [5.74, 6) is 1.41. The van der Waals surface area contributed by atoms with E-state index in [0.29, 0.717) is 12.5 Å². The van der Waals surface area contributed by atoms with Crippen LogP contribution in [0.25, 0.3) is 0 Å². The third kappa shape index (κ3) is 3.91. The molecule has 0 aromatic heterocycles. The van der Waals surface area contributed by atoms with Crippen LogP contribution >= 0.6 is 15.9 Å². The third-order valence-electron chi connectivity index (χ3n) is 2.73. The number of methoxy groups -OCH3 is 1. The summed E-state index contributed by atoms with van der Waals surface area (Å²) in [6.07, 6.45) is 0. The maximum absolute atomic E-state index is 5.92. The molecule has 5 heteroatoms. The van der Waals surface area contributed by atoms with Crippen molar-refractivity contribution < 1.29 is 4.74 Å². The highest BCUT2D eigenvalue weighted by Gasteiger charge is 2.03. The molecule has 1 rings (SSSR count). The highest BCUT2D eigenvalue weighted by molar-refractivity contribution is 9.10. The van der Waals surface area contributed by atoms with Gasteiger partial charge in [-0.1, -0.05) is 6.07 Å². The molecule has 0 amide bonds. The first-order valence-corrected chi connectivity index (χ1v) is 6.78. The van der Waals surface area contributed by atoms with E-state index in [1.165, 1.54) is 0 Å². The van der Waals surface area contributed by atoms with E-state index in [0.717, 1.165) is 28.9 Å². The van der Waals surface area contributed by atoms with Gasteiger partial charge in [0.05, 0.1) is 18.1 Å². The van der Waals surface area contributed by atoms with E-state index in [4.69, 9.17) is 10.5 Å². The molecule has 2 N–H and O–H groups in total. The molecule has 4 nitrogen and oxygen atoms in total. The minimum Gasteiger partial charge on any atom is -0.496 e. The van der Waals surface area contributed by atoms with Gasteiger partial charge in [0.2, 0.25) is 0 Å². The van der Waals surface area contributed by atoms with E-state index in [2.05, 4.69) is 34.8 Å². The number of aliphatic imine (C=N–C) groups is 1. The Labute approximate surface area is 117 Å². The van der Waals surface area contributed by atoms with Crippen molar-refractivity contribution in [1.82, 2.24) is 4.90 Å². The smallest absolute Gasteiger partial charge is 0.191 e. The van der Waals surface area contributed by atoms with Gasteiger partial charge in [-0.15, -0.1) is 0 Å². The van der Waals surface area contributed by atoms with Crippen LogP contribution in [0, 0.1) is 0 Å². The highest BCUT2D eigenvalue weighted by Crippen LogP contribution is 2.25. The summed E-state index contributed by atoms with van der Waals surface area (Å²) in [4.78, 5) is 6.42. The Morgan fingerprint density at radius 2 is 2.06 bits per heavy atom. The van der Waals surface area contributed by atoms with E-state index < -0.39 is 0 Å². The molecule has 0 aliphatic carbocycles. The SMILES string of the molecule is CCN(CC)C(N)=NCc1ccc(OC)c(Br)c1. The number of nitrogens with zero attached hydrogens (tertiary/aromatic N) is 2. The fourth-order valence-corrected chi connectivity index (χ4v) is 2.22. The Hall–Kier alpha value is -1.23. The van der Waals surface area contributed by atoms with E-state index in [9.17, 15) is 0 Å². The number of ether oxygens (including phenoxy) is 1. The summed E-state index contributed by atoms with van der Waals surface area (Å²) in [5.41, 5.74) is 7.02. The molecule has 0 heterocycles. The van der Waals surface area contributed by atoms with Gasteiger partial charge in [0, 0.05) is 13.1 Å². The lowest BCUT2D eigenvalue weighted by Gasteiger charge is -2.19. The Kier molecular flexibility index (Phi) is 5.98. The lowest BCUT2D eigenvalue weighted by Crippen LogP contribution is -2.37. The van der Waals surface area contributed by atoms with Gasteiger partial charge in [-0.25, -0.2) is 4.99 Å².